The van der Waals surface area contributed by atoms with Crippen molar-refractivity contribution in [3.63, 3.8) is 0 Å². The van der Waals surface area contributed by atoms with Gasteiger partial charge in [-0.25, -0.2) is 0 Å². The van der Waals surface area contributed by atoms with Gasteiger partial charge in [0.05, 0.1) is 10.6 Å². The summed E-state index contributed by atoms with van der Waals surface area (Å²) < 4.78 is 0. The zero-order valence-corrected chi connectivity index (χ0v) is 10.9. The number of nitro benzene ring substituents is 1. The minimum absolute atomic E-state index is 0.0112. The van der Waals surface area contributed by atoms with Crippen molar-refractivity contribution < 1.29 is 9.72 Å². The normalized spacial score (nSPS) is 13.6. The first-order valence-corrected chi connectivity index (χ1v) is 6.47. The van der Waals surface area contributed by atoms with Gasteiger partial charge in [-0.2, -0.15) is 0 Å². The molecule has 1 aliphatic heterocycles. The lowest BCUT2D eigenvalue weighted by atomic mass is 10.0. The molecule has 1 aliphatic rings. The van der Waals surface area contributed by atoms with Gasteiger partial charge in [0, 0.05) is 19.0 Å². The van der Waals surface area contributed by atoms with E-state index in [0.717, 1.165) is 18.4 Å². The minimum atomic E-state index is -0.421. The van der Waals surface area contributed by atoms with E-state index in [0.29, 0.717) is 30.8 Å². The lowest BCUT2D eigenvalue weighted by Gasteiger charge is -2.18. The van der Waals surface area contributed by atoms with Gasteiger partial charge in [0.25, 0.3) is 5.69 Å². The third-order valence-corrected chi connectivity index (χ3v) is 3.16. The van der Waals surface area contributed by atoms with Crippen molar-refractivity contribution in [2.24, 2.45) is 0 Å². The number of nitrogens with zero attached hydrogens (tertiary/aromatic N) is 1. The van der Waals surface area contributed by atoms with Gasteiger partial charge in [-0.1, -0.05) is 13.3 Å². The first-order valence-electron chi connectivity index (χ1n) is 6.47. The number of rotatable bonds is 5. The lowest BCUT2D eigenvalue weighted by Crippen LogP contribution is -2.19. The van der Waals surface area contributed by atoms with Crippen LogP contribution in [-0.2, 0) is 11.2 Å². The van der Waals surface area contributed by atoms with Gasteiger partial charge in [0.2, 0.25) is 5.91 Å². The van der Waals surface area contributed by atoms with E-state index in [4.69, 9.17) is 0 Å². The van der Waals surface area contributed by atoms with Gasteiger partial charge in [-0.3, -0.25) is 14.9 Å². The first kappa shape index (κ1) is 13.3. The maximum absolute atomic E-state index is 11.3. The van der Waals surface area contributed by atoms with Crippen molar-refractivity contribution in [1.29, 1.82) is 0 Å². The maximum Gasteiger partial charge on any atom is 0.294 e. The quantitative estimate of drug-likeness (QED) is 0.486. The van der Waals surface area contributed by atoms with Crippen molar-refractivity contribution in [2.45, 2.75) is 32.6 Å². The molecule has 6 nitrogen and oxygen atoms in total. The molecule has 0 saturated carbocycles. The fraction of sp³-hybridized carbons (Fsp3) is 0.462. The van der Waals surface area contributed by atoms with Gasteiger partial charge >= 0.3 is 0 Å². The Morgan fingerprint density at radius 3 is 2.89 bits per heavy atom. The molecule has 1 aromatic rings. The summed E-state index contributed by atoms with van der Waals surface area (Å²) in [6.07, 6.45) is 3.05. The van der Waals surface area contributed by atoms with Crippen LogP contribution in [0.3, 0.4) is 0 Å². The fourth-order valence-corrected chi connectivity index (χ4v) is 2.11. The van der Waals surface area contributed by atoms with E-state index in [1.165, 1.54) is 6.07 Å². The second-order valence-corrected chi connectivity index (χ2v) is 4.61. The van der Waals surface area contributed by atoms with Crippen LogP contribution in [0.5, 0.6) is 0 Å². The molecule has 0 unspecified atom stereocenters. The molecule has 0 bridgehead atoms. The molecule has 0 fully saturated rings. The highest BCUT2D eigenvalue weighted by atomic mass is 16.6. The van der Waals surface area contributed by atoms with Gasteiger partial charge in [-0.15, -0.1) is 0 Å². The molecule has 0 atom stereocenters. The molecule has 0 radical (unpaired) electrons. The smallest absolute Gasteiger partial charge is 0.294 e. The molecular formula is C13H17N3O3. The lowest BCUT2D eigenvalue weighted by molar-refractivity contribution is -0.383. The molecule has 1 amide bonds. The molecule has 0 saturated heterocycles. The number of carbonyl (C=O) groups is 1. The SMILES string of the molecule is CCCCNc1cc2c(cc1[N+](=O)[O-])NC(=O)CC2. The Kier molecular flexibility index (Phi) is 3.99. The van der Waals surface area contributed by atoms with Crippen LogP contribution < -0.4 is 10.6 Å². The number of hydrogen-bond acceptors (Lipinski definition) is 4. The molecule has 2 rings (SSSR count). The van der Waals surface area contributed by atoms with Crippen molar-refractivity contribution >= 4 is 23.0 Å². The minimum Gasteiger partial charge on any atom is -0.379 e. The van der Waals surface area contributed by atoms with Crippen LogP contribution >= 0.6 is 0 Å². The summed E-state index contributed by atoms with van der Waals surface area (Å²) in [5.74, 6) is -0.0894. The van der Waals surface area contributed by atoms with Crippen LogP contribution in [0, 0.1) is 10.1 Å². The summed E-state index contributed by atoms with van der Waals surface area (Å²) in [7, 11) is 0. The summed E-state index contributed by atoms with van der Waals surface area (Å²) >= 11 is 0. The fourth-order valence-electron chi connectivity index (χ4n) is 2.11. The van der Waals surface area contributed by atoms with E-state index in [1.807, 2.05) is 0 Å². The summed E-state index contributed by atoms with van der Waals surface area (Å²) in [5.41, 5.74) is 2.05. The summed E-state index contributed by atoms with van der Waals surface area (Å²) in [4.78, 5) is 22.0. The van der Waals surface area contributed by atoms with E-state index in [1.54, 1.807) is 6.07 Å². The molecule has 102 valence electrons. The Morgan fingerprint density at radius 2 is 2.21 bits per heavy atom. The average Bonchev–Trinajstić information content (AvgIpc) is 2.38. The van der Waals surface area contributed by atoms with Crippen LogP contribution in [0.25, 0.3) is 0 Å². The number of benzene rings is 1. The van der Waals surface area contributed by atoms with E-state index in [9.17, 15) is 14.9 Å². The number of fused-ring (bicyclic) bond motifs is 1. The predicted octanol–water partition coefficient (Wildman–Crippen LogP) is 2.69. The number of hydrogen-bond donors (Lipinski definition) is 2. The van der Waals surface area contributed by atoms with Gasteiger partial charge in [-0.05, 0) is 24.5 Å². The van der Waals surface area contributed by atoms with Crippen molar-refractivity contribution in [2.75, 3.05) is 17.2 Å². The molecule has 2 N–H and O–H groups in total. The molecule has 0 aliphatic carbocycles. The summed E-state index contributed by atoms with van der Waals surface area (Å²) in [6, 6.07) is 3.23. The zero-order chi connectivity index (χ0) is 13.8. The first-order chi connectivity index (χ1) is 9.11. The van der Waals surface area contributed by atoms with Crippen molar-refractivity contribution in [3.8, 4) is 0 Å². The molecule has 1 aromatic carbocycles. The monoisotopic (exact) mass is 263 g/mol. The summed E-state index contributed by atoms with van der Waals surface area (Å²) in [5, 5.41) is 16.9. The van der Waals surface area contributed by atoms with Crippen LogP contribution in [0.4, 0.5) is 17.1 Å². The highest BCUT2D eigenvalue weighted by molar-refractivity contribution is 5.95. The highest BCUT2D eigenvalue weighted by Gasteiger charge is 2.22. The van der Waals surface area contributed by atoms with Crippen molar-refractivity contribution in [1.82, 2.24) is 0 Å². The number of nitro groups is 1. The number of unbranched alkanes of at least 4 members (excludes halogenated alkanes) is 1. The Balaban J connectivity index is 2.30. The third-order valence-electron chi connectivity index (χ3n) is 3.16. The number of carbonyl (C=O) groups excluding carboxylic acids is 1. The Labute approximate surface area is 111 Å². The van der Waals surface area contributed by atoms with Crippen LogP contribution in [0.2, 0.25) is 0 Å². The van der Waals surface area contributed by atoms with E-state index >= 15 is 0 Å². The second-order valence-electron chi connectivity index (χ2n) is 4.61. The summed E-state index contributed by atoms with van der Waals surface area (Å²) in [6.45, 7) is 2.78. The largest absolute Gasteiger partial charge is 0.379 e. The van der Waals surface area contributed by atoms with Crippen LogP contribution in [0.15, 0.2) is 12.1 Å². The average molecular weight is 263 g/mol. The molecule has 19 heavy (non-hydrogen) atoms. The number of amides is 1. The topological polar surface area (TPSA) is 84.3 Å². The van der Waals surface area contributed by atoms with Crippen LogP contribution in [0.1, 0.15) is 31.7 Å². The molecule has 6 heteroatoms. The Bertz CT molecular complexity index is 514. The molecular weight excluding hydrogens is 246 g/mol. The Hall–Kier alpha value is -2.11. The maximum atomic E-state index is 11.3. The third kappa shape index (κ3) is 3.01. The number of nitrogens with one attached hydrogen (secondary N) is 2. The van der Waals surface area contributed by atoms with Gasteiger partial charge < -0.3 is 10.6 Å². The van der Waals surface area contributed by atoms with Gasteiger partial charge in [0.15, 0.2) is 0 Å². The molecule has 0 aromatic heterocycles. The number of aryl methyl sites for hydroxylation is 1. The second kappa shape index (κ2) is 5.69. The van der Waals surface area contributed by atoms with E-state index in [-0.39, 0.29) is 11.6 Å². The van der Waals surface area contributed by atoms with E-state index in [2.05, 4.69) is 17.6 Å². The highest BCUT2D eigenvalue weighted by Crippen LogP contribution is 2.34. The number of anilines is 2. The predicted molar refractivity (Wildman–Crippen MR) is 73.4 cm³/mol. The Morgan fingerprint density at radius 1 is 1.42 bits per heavy atom. The van der Waals surface area contributed by atoms with Gasteiger partial charge in [0.1, 0.15) is 5.69 Å². The van der Waals surface area contributed by atoms with Crippen molar-refractivity contribution in [3.05, 3.63) is 27.8 Å². The zero-order valence-electron chi connectivity index (χ0n) is 10.9. The standard InChI is InChI=1S/C13H17N3O3/c1-2-3-6-14-11-7-9-4-5-13(17)15-10(9)8-12(11)16(18)19/h7-8,14H,2-6H2,1H3,(H,15,17). The molecule has 0 spiro atoms. The van der Waals surface area contributed by atoms with E-state index < -0.39 is 4.92 Å². The van der Waals surface area contributed by atoms with Crippen LogP contribution in [-0.4, -0.2) is 17.4 Å². The molecule has 1 heterocycles.